The molecule has 1 aliphatic heterocycles. The fraction of sp³-hybridized carbons (Fsp3) is 0.333. The van der Waals surface area contributed by atoms with E-state index >= 15 is 0 Å². The van der Waals surface area contributed by atoms with Crippen LogP contribution in [-0.2, 0) is 10.4 Å². The first-order chi connectivity index (χ1) is 11.3. The van der Waals surface area contributed by atoms with Gasteiger partial charge < -0.3 is 10.0 Å². The Balaban J connectivity index is 2.06. The van der Waals surface area contributed by atoms with E-state index in [4.69, 9.17) is 11.6 Å². The fourth-order valence-corrected chi connectivity index (χ4v) is 3.12. The molecule has 2 aromatic rings. The molecule has 1 amide bonds. The summed E-state index contributed by atoms with van der Waals surface area (Å²) in [5, 5.41) is 10.6. The average molecular weight is 349 g/mol. The van der Waals surface area contributed by atoms with E-state index in [0.717, 1.165) is 6.42 Å². The van der Waals surface area contributed by atoms with Gasteiger partial charge in [-0.25, -0.2) is 9.37 Å². The predicted octanol–water partition coefficient (Wildman–Crippen LogP) is 3.90. The number of aliphatic hydroxyl groups is 1. The van der Waals surface area contributed by atoms with E-state index in [1.54, 1.807) is 30.9 Å². The summed E-state index contributed by atoms with van der Waals surface area (Å²) in [5.41, 5.74) is 0.630. The lowest BCUT2D eigenvalue weighted by Crippen LogP contribution is -2.23. The lowest BCUT2D eigenvalue weighted by Gasteiger charge is -2.22. The number of anilines is 1. The number of pyridine rings is 1. The number of hydrogen-bond acceptors (Lipinski definition) is 3. The van der Waals surface area contributed by atoms with Crippen molar-refractivity contribution in [1.82, 2.24) is 4.98 Å². The van der Waals surface area contributed by atoms with Crippen LogP contribution in [-0.4, -0.2) is 22.5 Å². The van der Waals surface area contributed by atoms with Gasteiger partial charge in [-0.15, -0.1) is 0 Å². The summed E-state index contributed by atoms with van der Waals surface area (Å²) in [6, 6.07) is 6.20. The summed E-state index contributed by atoms with van der Waals surface area (Å²) in [6.45, 7) is 3.82. The molecule has 3 rings (SSSR count). The summed E-state index contributed by atoms with van der Waals surface area (Å²) in [5.74, 6) is -0.464. The van der Waals surface area contributed by atoms with Gasteiger partial charge >= 0.3 is 0 Å². The molecule has 6 heteroatoms. The molecule has 1 saturated heterocycles. The van der Waals surface area contributed by atoms with E-state index in [-0.39, 0.29) is 11.1 Å². The maximum Gasteiger partial charge on any atom is 0.227 e. The van der Waals surface area contributed by atoms with Crippen molar-refractivity contribution in [3.05, 3.63) is 47.0 Å². The Bertz CT molecular complexity index is 802. The summed E-state index contributed by atoms with van der Waals surface area (Å²) in [7, 11) is 0. The third kappa shape index (κ3) is 3.14. The molecule has 0 atom stereocenters. The van der Waals surface area contributed by atoms with Gasteiger partial charge in [-0.05, 0) is 50.1 Å². The zero-order valence-corrected chi connectivity index (χ0v) is 14.3. The first-order valence-corrected chi connectivity index (χ1v) is 8.14. The van der Waals surface area contributed by atoms with Crippen molar-refractivity contribution >= 4 is 23.2 Å². The van der Waals surface area contributed by atoms with Crippen molar-refractivity contribution in [3.63, 3.8) is 0 Å². The molecule has 0 unspecified atom stereocenters. The van der Waals surface area contributed by atoms with E-state index in [2.05, 4.69) is 4.98 Å². The van der Waals surface area contributed by atoms with Crippen LogP contribution in [0.5, 0.6) is 0 Å². The molecule has 0 aliphatic carbocycles. The Morgan fingerprint density at radius 3 is 2.62 bits per heavy atom. The summed E-state index contributed by atoms with van der Waals surface area (Å²) in [6.07, 6.45) is 2.73. The number of halogens is 2. The number of hydrogen-bond donors (Lipinski definition) is 1. The second kappa shape index (κ2) is 6.15. The highest BCUT2D eigenvalue weighted by molar-refractivity contribution is 6.29. The van der Waals surface area contributed by atoms with E-state index in [1.165, 1.54) is 18.3 Å². The highest BCUT2D eigenvalue weighted by Gasteiger charge is 2.25. The lowest BCUT2D eigenvalue weighted by atomic mass is 9.91. The van der Waals surface area contributed by atoms with Crippen LogP contribution in [0.25, 0.3) is 11.1 Å². The Hall–Kier alpha value is -1.98. The van der Waals surface area contributed by atoms with Crippen molar-refractivity contribution in [3.8, 4) is 11.1 Å². The van der Waals surface area contributed by atoms with Crippen molar-refractivity contribution in [2.24, 2.45) is 0 Å². The largest absolute Gasteiger partial charge is 0.386 e. The molecule has 0 spiro atoms. The molecule has 0 saturated carbocycles. The number of amides is 1. The Morgan fingerprint density at radius 1 is 1.29 bits per heavy atom. The minimum atomic E-state index is -1.20. The highest BCUT2D eigenvalue weighted by atomic mass is 35.5. The van der Waals surface area contributed by atoms with Gasteiger partial charge in [-0.2, -0.15) is 0 Å². The maximum absolute atomic E-state index is 14.7. The molecule has 4 nitrogen and oxygen atoms in total. The molecule has 2 heterocycles. The van der Waals surface area contributed by atoms with Crippen molar-refractivity contribution < 1.29 is 14.3 Å². The predicted molar refractivity (Wildman–Crippen MR) is 91.5 cm³/mol. The minimum absolute atomic E-state index is 0.00694. The molecule has 126 valence electrons. The second-order valence-electron chi connectivity index (χ2n) is 6.42. The monoisotopic (exact) mass is 348 g/mol. The second-order valence-corrected chi connectivity index (χ2v) is 6.81. The quantitative estimate of drug-likeness (QED) is 0.856. The minimum Gasteiger partial charge on any atom is -0.386 e. The van der Waals surface area contributed by atoms with Gasteiger partial charge in [0.1, 0.15) is 11.0 Å². The van der Waals surface area contributed by atoms with Gasteiger partial charge in [0.2, 0.25) is 5.91 Å². The molecule has 1 N–H and O–H groups in total. The highest BCUT2D eigenvalue weighted by Crippen LogP contribution is 2.35. The van der Waals surface area contributed by atoms with E-state index < -0.39 is 11.4 Å². The molecule has 1 aromatic heterocycles. The third-order valence-corrected chi connectivity index (χ3v) is 4.36. The molecular formula is C18H18ClFN2O2. The SMILES string of the molecule is CC(C)(O)c1cc(Cl)ncc1-c1ccc(N2CCCC2=O)cc1F. The van der Waals surface area contributed by atoms with Crippen LogP contribution in [0.2, 0.25) is 5.15 Å². The first kappa shape index (κ1) is 16.9. The molecule has 0 radical (unpaired) electrons. The standard InChI is InChI=1S/C18H18ClFN2O2/c1-18(2,24)14-9-16(19)21-10-13(14)12-6-5-11(8-15(12)20)22-7-3-4-17(22)23/h5-6,8-10,24H,3-4,7H2,1-2H3. The van der Waals surface area contributed by atoms with Crippen LogP contribution in [0.3, 0.4) is 0 Å². The lowest BCUT2D eigenvalue weighted by molar-refractivity contribution is -0.117. The fourth-order valence-electron chi connectivity index (χ4n) is 2.96. The number of aromatic nitrogens is 1. The zero-order valence-electron chi connectivity index (χ0n) is 13.5. The Kier molecular flexibility index (Phi) is 4.32. The molecule has 24 heavy (non-hydrogen) atoms. The van der Waals surface area contributed by atoms with E-state index in [0.29, 0.717) is 35.3 Å². The van der Waals surface area contributed by atoms with Crippen LogP contribution >= 0.6 is 11.6 Å². The van der Waals surface area contributed by atoms with Gasteiger partial charge in [0, 0.05) is 36.0 Å². The van der Waals surface area contributed by atoms with Gasteiger partial charge in [-0.1, -0.05) is 11.6 Å². The number of benzene rings is 1. The summed E-state index contributed by atoms with van der Waals surface area (Å²) in [4.78, 5) is 17.4. The molecular weight excluding hydrogens is 331 g/mol. The normalized spacial score (nSPS) is 15.2. The maximum atomic E-state index is 14.7. The molecule has 1 aromatic carbocycles. The number of nitrogens with zero attached hydrogens (tertiary/aromatic N) is 2. The van der Waals surface area contributed by atoms with Gasteiger partial charge in [0.25, 0.3) is 0 Å². The van der Waals surface area contributed by atoms with Crippen LogP contribution in [0.1, 0.15) is 32.3 Å². The molecule has 0 bridgehead atoms. The van der Waals surface area contributed by atoms with Crippen LogP contribution in [0, 0.1) is 5.82 Å². The topological polar surface area (TPSA) is 53.4 Å². The van der Waals surface area contributed by atoms with Crippen LogP contribution in [0.4, 0.5) is 10.1 Å². The number of carbonyl (C=O) groups excluding carboxylic acids is 1. The smallest absolute Gasteiger partial charge is 0.227 e. The number of carbonyl (C=O) groups is 1. The average Bonchev–Trinajstić information content (AvgIpc) is 2.93. The van der Waals surface area contributed by atoms with Gasteiger partial charge in [-0.3, -0.25) is 4.79 Å². The van der Waals surface area contributed by atoms with Crippen molar-refractivity contribution in [1.29, 1.82) is 0 Å². The summed E-state index contributed by atoms with van der Waals surface area (Å²) < 4.78 is 14.7. The van der Waals surface area contributed by atoms with Crippen LogP contribution in [0.15, 0.2) is 30.5 Å². The van der Waals surface area contributed by atoms with Gasteiger partial charge in [0.15, 0.2) is 0 Å². The Labute approximate surface area is 144 Å². The van der Waals surface area contributed by atoms with Crippen molar-refractivity contribution in [2.75, 3.05) is 11.4 Å². The van der Waals surface area contributed by atoms with Crippen LogP contribution < -0.4 is 4.90 Å². The summed E-state index contributed by atoms with van der Waals surface area (Å²) >= 11 is 5.92. The number of rotatable bonds is 3. The van der Waals surface area contributed by atoms with E-state index in [9.17, 15) is 14.3 Å². The molecule has 1 fully saturated rings. The third-order valence-electron chi connectivity index (χ3n) is 4.16. The van der Waals surface area contributed by atoms with Gasteiger partial charge in [0.05, 0.1) is 5.60 Å². The molecule has 1 aliphatic rings. The zero-order chi connectivity index (χ0) is 17.5. The van der Waals surface area contributed by atoms with Crippen molar-refractivity contribution in [2.45, 2.75) is 32.3 Å². The first-order valence-electron chi connectivity index (χ1n) is 7.76. The van der Waals surface area contributed by atoms with E-state index in [1.807, 2.05) is 0 Å². The Morgan fingerprint density at radius 2 is 2.04 bits per heavy atom.